The molecule has 0 atom stereocenters. The van der Waals surface area contributed by atoms with E-state index in [2.05, 4.69) is 5.10 Å². The summed E-state index contributed by atoms with van der Waals surface area (Å²) in [4.78, 5) is 0. The van der Waals surface area contributed by atoms with Crippen LogP contribution in [0.2, 0.25) is 0 Å². The molecule has 0 amide bonds. The normalized spacial score (nSPS) is 10.9. The van der Waals surface area contributed by atoms with Gasteiger partial charge in [-0.1, -0.05) is 24.3 Å². The molecule has 0 unspecified atom stereocenters. The van der Waals surface area contributed by atoms with Gasteiger partial charge in [-0.05, 0) is 18.2 Å². The number of rotatable bonds is 1. The Balaban J connectivity index is 2.38. The number of phenols is 1. The molecule has 1 heterocycles. The van der Waals surface area contributed by atoms with Gasteiger partial charge in [0.2, 0.25) is 0 Å². The number of nitrogen functional groups attached to an aromatic ring is 1. The van der Waals surface area contributed by atoms with Crippen LogP contribution in [0.25, 0.3) is 22.2 Å². The van der Waals surface area contributed by atoms with Crippen molar-refractivity contribution in [2.75, 3.05) is 5.73 Å². The molecule has 0 fully saturated rings. The summed E-state index contributed by atoms with van der Waals surface area (Å²) in [6, 6.07) is 12.9. The van der Waals surface area contributed by atoms with Gasteiger partial charge in [0.15, 0.2) is 0 Å². The Morgan fingerprint density at radius 2 is 1.89 bits per heavy atom. The number of hydrogen-bond donors (Lipinski definition) is 2. The van der Waals surface area contributed by atoms with Crippen LogP contribution >= 0.6 is 0 Å². The number of aromatic nitrogens is 2. The lowest BCUT2D eigenvalue weighted by Gasteiger charge is -2.01. The molecule has 0 bridgehead atoms. The molecule has 3 N–H and O–H groups in total. The molecular weight excluding hydrogens is 226 g/mol. The molecule has 0 aliphatic rings. The monoisotopic (exact) mass is 239 g/mol. The fourth-order valence-electron chi connectivity index (χ4n) is 2.24. The van der Waals surface area contributed by atoms with Crippen LogP contribution in [-0.4, -0.2) is 14.9 Å². The van der Waals surface area contributed by atoms with E-state index in [1.807, 2.05) is 37.4 Å². The molecule has 2 aromatic carbocycles. The zero-order valence-electron chi connectivity index (χ0n) is 9.96. The quantitative estimate of drug-likeness (QED) is 0.641. The second-order valence-corrected chi connectivity index (χ2v) is 4.23. The molecule has 3 rings (SSSR count). The molecule has 18 heavy (non-hydrogen) atoms. The Bertz CT molecular complexity index is 731. The molecule has 4 nitrogen and oxygen atoms in total. The minimum absolute atomic E-state index is 0.222. The van der Waals surface area contributed by atoms with Crippen LogP contribution in [-0.2, 0) is 7.05 Å². The maximum Gasteiger partial charge on any atom is 0.125 e. The first-order chi connectivity index (χ1) is 8.68. The predicted octanol–water partition coefficient (Wildman–Crippen LogP) is 2.53. The third-order valence-corrected chi connectivity index (χ3v) is 3.06. The Morgan fingerprint density at radius 3 is 2.67 bits per heavy atom. The highest BCUT2D eigenvalue weighted by Gasteiger charge is 2.14. The van der Waals surface area contributed by atoms with Gasteiger partial charge in [-0.15, -0.1) is 0 Å². The smallest absolute Gasteiger partial charge is 0.125 e. The van der Waals surface area contributed by atoms with Crippen LogP contribution in [0.15, 0.2) is 42.5 Å². The number of hydrogen-bond acceptors (Lipinski definition) is 3. The van der Waals surface area contributed by atoms with Crippen LogP contribution in [0.5, 0.6) is 5.75 Å². The lowest BCUT2D eigenvalue weighted by atomic mass is 10.1. The molecule has 0 saturated carbocycles. The summed E-state index contributed by atoms with van der Waals surface area (Å²) in [6.45, 7) is 0. The van der Waals surface area contributed by atoms with Crippen LogP contribution in [0.4, 0.5) is 5.69 Å². The van der Waals surface area contributed by atoms with Crippen molar-refractivity contribution in [3.05, 3.63) is 42.5 Å². The average Bonchev–Trinajstić information content (AvgIpc) is 2.69. The molecule has 0 aliphatic carbocycles. The third-order valence-electron chi connectivity index (χ3n) is 3.06. The predicted molar refractivity (Wildman–Crippen MR) is 72.2 cm³/mol. The van der Waals surface area contributed by atoms with Gasteiger partial charge in [-0.2, -0.15) is 5.10 Å². The number of aryl methyl sites for hydroxylation is 1. The maximum absolute atomic E-state index is 9.92. The van der Waals surface area contributed by atoms with E-state index in [1.165, 1.54) is 0 Å². The summed E-state index contributed by atoms with van der Waals surface area (Å²) < 4.78 is 1.74. The number of fused-ring (bicyclic) bond motifs is 1. The van der Waals surface area contributed by atoms with E-state index in [0.29, 0.717) is 11.3 Å². The highest BCUT2D eigenvalue weighted by atomic mass is 16.3. The van der Waals surface area contributed by atoms with Crippen LogP contribution < -0.4 is 5.73 Å². The number of nitrogens with zero attached hydrogens (tertiary/aromatic N) is 2. The number of para-hydroxylation sites is 2. The second-order valence-electron chi connectivity index (χ2n) is 4.23. The van der Waals surface area contributed by atoms with Crippen molar-refractivity contribution in [2.24, 2.45) is 7.05 Å². The van der Waals surface area contributed by atoms with Crippen molar-refractivity contribution >= 4 is 16.6 Å². The van der Waals surface area contributed by atoms with E-state index in [-0.39, 0.29) is 5.75 Å². The van der Waals surface area contributed by atoms with Crippen molar-refractivity contribution in [2.45, 2.75) is 0 Å². The Labute approximate surface area is 104 Å². The topological polar surface area (TPSA) is 64.1 Å². The second kappa shape index (κ2) is 3.77. The SMILES string of the molecule is Cn1nc(-c2ccccc2O)c2cccc(N)c21. The van der Waals surface area contributed by atoms with Gasteiger partial charge < -0.3 is 10.8 Å². The maximum atomic E-state index is 9.92. The van der Waals surface area contributed by atoms with E-state index in [0.717, 1.165) is 16.6 Å². The van der Waals surface area contributed by atoms with Crippen molar-refractivity contribution in [3.63, 3.8) is 0 Å². The van der Waals surface area contributed by atoms with Crippen molar-refractivity contribution in [1.82, 2.24) is 9.78 Å². The molecule has 4 heteroatoms. The lowest BCUT2D eigenvalue weighted by Crippen LogP contribution is -1.94. The number of anilines is 1. The average molecular weight is 239 g/mol. The summed E-state index contributed by atoms with van der Waals surface area (Å²) in [5, 5.41) is 15.3. The summed E-state index contributed by atoms with van der Waals surface area (Å²) in [6.07, 6.45) is 0. The number of nitrogens with two attached hydrogens (primary N) is 1. The van der Waals surface area contributed by atoms with Gasteiger partial charge in [0.1, 0.15) is 11.4 Å². The van der Waals surface area contributed by atoms with Crippen LogP contribution in [0.3, 0.4) is 0 Å². The molecular formula is C14H13N3O. The van der Waals surface area contributed by atoms with E-state index >= 15 is 0 Å². The zero-order valence-corrected chi connectivity index (χ0v) is 9.96. The van der Waals surface area contributed by atoms with Gasteiger partial charge >= 0.3 is 0 Å². The van der Waals surface area contributed by atoms with Gasteiger partial charge in [-0.25, -0.2) is 0 Å². The molecule has 0 radical (unpaired) electrons. The fraction of sp³-hybridized carbons (Fsp3) is 0.0714. The Hall–Kier alpha value is -2.49. The standard InChI is InChI=1S/C14H13N3O/c1-17-14-10(6-4-7-11(14)15)13(16-17)9-5-2-3-8-12(9)18/h2-8,18H,15H2,1H3. The lowest BCUT2D eigenvalue weighted by molar-refractivity contribution is 0.477. The summed E-state index contributed by atoms with van der Waals surface area (Å²) in [5.41, 5.74) is 9.00. The summed E-state index contributed by atoms with van der Waals surface area (Å²) >= 11 is 0. The largest absolute Gasteiger partial charge is 0.507 e. The first-order valence-electron chi connectivity index (χ1n) is 5.68. The number of benzene rings is 2. The first kappa shape index (κ1) is 10.7. The van der Waals surface area contributed by atoms with Gasteiger partial charge in [-0.3, -0.25) is 4.68 Å². The van der Waals surface area contributed by atoms with Crippen molar-refractivity contribution < 1.29 is 5.11 Å². The van der Waals surface area contributed by atoms with E-state index in [4.69, 9.17) is 5.73 Å². The summed E-state index contributed by atoms with van der Waals surface area (Å²) in [7, 11) is 1.85. The molecule has 1 aromatic heterocycles. The van der Waals surface area contributed by atoms with Crippen molar-refractivity contribution in [3.8, 4) is 17.0 Å². The molecule has 0 spiro atoms. The van der Waals surface area contributed by atoms with Gasteiger partial charge in [0.05, 0.1) is 11.2 Å². The zero-order chi connectivity index (χ0) is 12.7. The van der Waals surface area contributed by atoms with Crippen LogP contribution in [0, 0.1) is 0 Å². The van der Waals surface area contributed by atoms with E-state index in [1.54, 1.807) is 16.8 Å². The molecule has 3 aromatic rings. The molecule has 0 saturated heterocycles. The highest BCUT2D eigenvalue weighted by molar-refractivity contribution is 6.00. The third kappa shape index (κ3) is 1.43. The number of phenolic OH excluding ortho intramolecular Hbond substituents is 1. The molecule has 0 aliphatic heterocycles. The Morgan fingerprint density at radius 1 is 1.11 bits per heavy atom. The first-order valence-corrected chi connectivity index (χ1v) is 5.68. The minimum Gasteiger partial charge on any atom is -0.507 e. The highest BCUT2D eigenvalue weighted by Crippen LogP contribution is 2.34. The van der Waals surface area contributed by atoms with Gasteiger partial charge in [0, 0.05) is 18.0 Å². The summed E-state index contributed by atoms with van der Waals surface area (Å²) in [5.74, 6) is 0.222. The van der Waals surface area contributed by atoms with E-state index < -0.39 is 0 Å². The Kier molecular flexibility index (Phi) is 2.23. The van der Waals surface area contributed by atoms with Crippen molar-refractivity contribution in [1.29, 1.82) is 0 Å². The fourth-order valence-corrected chi connectivity index (χ4v) is 2.24. The number of aromatic hydroxyl groups is 1. The minimum atomic E-state index is 0.222. The van der Waals surface area contributed by atoms with Gasteiger partial charge in [0.25, 0.3) is 0 Å². The molecule has 90 valence electrons. The van der Waals surface area contributed by atoms with Crippen LogP contribution in [0.1, 0.15) is 0 Å². The van der Waals surface area contributed by atoms with E-state index in [9.17, 15) is 5.11 Å².